The van der Waals surface area contributed by atoms with E-state index < -0.39 is 5.41 Å². The standard InChI is InChI=1S/C19H16ClFN2O/c1-11-2-3-12(20)8-16(11)23-18(24)19(6-7-19)15-10-22-17-9-13(21)4-5-14(15)17/h2-5,8-10,22H,6-7H2,1H3,(H,23,24). The summed E-state index contributed by atoms with van der Waals surface area (Å²) in [6.45, 7) is 1.93. The van der Waals surface area contributed by atoms with Crippen molar-refractivity contribution < 1.29 is 9.18 Å². The Morgan fingerprint density at radius 3 is 2.79 bits per heavy atom. The van der Waals surface area contributed by atoms with Crippen LogP contribution in [0.4, 0.5) is 10.1 Å². The number of rotatable bonds is 3. The predicted octanol–water partition coefficient (Wildman–Crippen LogP) is 4.94. The lowest BCUT2D eigenvalue weighted by Crippen LogP contribution is -2.28. The van der Waals surface area contributed by atoms with Crippen molar-refractivity contribution in [3.05, 3.63) is 64.6 Å². The molecule has 1 aliphatic carbocycles. The monoisotopic (exact) mass is 342 g/mol. The lowest BCUT2D eigenvalue weighted by Gasteiger charge is -2.16. The van der Waals surface area contributed by atoms with Crippen LogP contribution in [0, 0.1) is 12.7 Å². The minimum Gasteiger partial charge on any atom is -0.361 e. The first kappa shape index (κ1) is 15.2. The smallest absolute Gasteiger partial charge is 0.235 e. The normalized spacial score (nSPS) is 15.5. The number of benzene rings is 2. The maximum absolute atomic E-state index is 13.4. The van der Waals surface area contributed by atoms with Crippen molar-refractivity contribution in [1.29, 1.82) is 0 Å². The van der Waals surface area contributed by atoms with E-state index in [4.69, 9.17) is 11.6 Å². The summed E-state index contributed by atoms with van der Waals surface area (Å²) < 4.78 is 13.4. The van der Waals surface area contributed by atoms with Crippen molar-refractivity contribution in [3.63, 3.8) is 0 Å². The summed E-state index contributed by atoms with van der Waals surface area (Å²) in [6, 6.07) is 10.0. The maximum Gasteiger partial charge on any atom is 0.235 e. The molecule has 1 heterocycles. The maximum atomic E-state index is 13.4. The summed E-state index contributed by atoms with van der Waals surface area (Å²) in [5.41, 5.74) is 2.78. The van der Waals surface area contributed by atoms with Gasteiger partial charge >= 0.3 is 0 Å². The van der Waals surface area contributed by atoms with Gasteiger partial charge in [0.15, 0.2) is 0 Å². The zero-order chi connectivity index (χ0) is 16.9. The molecule has 0 saturated heterocycles. The molecule has 1 fully saturated rings. The van der Waals surface area contributed by atoms with Crippen LogP contribution in [0.3, 0.4) is 0 Å². The molecule has 122 valence electrons. The average Bonchev–Trinajstić information content (AvgIpc) is 3.25. The van der Waals surface area contributed by atoms with Crippen LogP contribution in [0.25, 0.3) is 10.9 Å². The molecule has 3 nitrogen and oxygen atoms in total. The highest BCUT2D eigenvalue weighted by molar-refractivity contribution is 6.31. The van der Waals surface area contributed by atoms with E-state index in [2.05, 4.69) is 10.3 Å². The first-order chi connectivity index (χ1) is 11.5. The van der Waals surface area contributed by atoms with Crippen LogP contribution in [0.5, 0.6) is 0 Å². The van der Waals surface area contributed by atoms with Crippen molar-refractivity contribution in [1.82, 2.24) is 4.98 Å². The number of H-pyrrole nitrogens is 1. The molecule has 0 spiro atoms. The number of carbonyl (C=O) groups is 1. The van der Waals surface area contributed by atoms with E-state index in [1.165, 1.54) is 12.1 Å². The van der Waals surface area contributed by atoms with Gasteiger partial charge in [-0.15, -0.1) is 0 Å². The van der Waals surface area contributed by atoms with Crippen LogP contribution >= 0.6 is 11.6 Å². The molecule has 4 rings (SSSR count). The molecular weight excluding hydrogens is 327 g/mol. The van der Waals surface area contributed by atoms with Crippen LogP contribution in [-0.2, 0) is 10.2 Å². The fourth-order valence-corrected chi connectivity index (χ4v) is 3.38. The Morgan fingerprint density at radius 1 is 1.25 bits per heavy atom. The van der Waals surface area contributed by atoms with Crippen molar-refractivity contribution in [2.45, 2.75) is 25.2 Å². The molecule has 1 saturated carbocycles. The number of aromatic nitrogens is 1. The third kappa shape index (κ3) is 2.38. The Hall–Kier alpha value is -2.33. The SMILES string of the molecule is Cc1ccc(Cl)cc1NC(=O)C1(c2c[nH]c3cc(F)ccc23)CC1. The van der Waals surface area contributed by atoms with Gasteiger partial charge in [-0.2, -0.15) is 0 Å². The van der Waals surface area contributed by atoms with E-state index in [9.17, 15) is 9.18 Å². The first-order valence-electron chi connectivity index (χ1n) is 7.84. The van der Waals surface area contributed by atoms with Crippen molar-refractivity contribution in [2.75, 3.05) is 5.32 Å². The van der Waals surface area contributed by atoms with Crippen molar-refractivity contribution in [2.24, 2.45) is 0 Å². The van der Waals surface area contributed by atoms with E-state index in [-0.39, 0.29) is 11.7 Å². The Balaban J connectivity index is 1.69. The van der Waals surface area contributed by atoms with Gasteiger partial charge in [0.05, 0.1) is 5.41 Å². The molecule has 0 bridgehead atoms. The van der Waals surface area contributed by atoms with Gasteiger partial charge in [0.2, 0.25) is 5.91 Å². The largest absolute Gasteiger partial charge is 0.361 e. The highest BCUT2D eigenvalue weighted by atomic mass is 35.5. The zero-order valence-corrected chi connectivity index (χ0v) is 13.9. The molecule has 2 N–H and O–H groups in total. The summed E-state index contributed by atoms with van der Waals surface area (Å²) in [5.74, 6) is -0.335. The number of anilines is 1. The molecule has 0 radical (unpaired) electrons. The molecule has 2 aromatic carbocycles. The molecule has 1 amide bonds. The van der Waals surface area contributed by atoms with Gasteiger partial charge in [-0.05, 0) is 61.2 Å². The number of hydrogen-bond donors (Lipinski definition) is 2. The van der Waals surface area contributed by atoms with Gasteiger partial charge in [-0.25, -0.2) is 4.39 Å². The Morgan fingerprint density at radius 2 is 2.04 bits per heavy atom. The molecule has 0 unspecified atom stereocenters. The van der Waals surface area contributed by atoms with Crippen LogP contribution in [0.2, 0.25) is 5.02 Å². The van der Waals surface area contributed by atoms with E-state index in [0.29, 0.717) is 10.5 Å². The topological polar surface area (TPSA) is 44.9 Å². The summed E-state index contributed by atoms with van der Waals surface area (Å²) in [7, 11) is 0. The average molecular weight is 343 g/mol. The molecule has 5 heteroatoms. The van der Waals surface area contributed by atoms with Gasteiger partial charge < -0.3 is 10.3 Å². The lowest BCUT2D eigenvalue weighted by molar-refractivity contribution is -0.118. The summed E-state index contributed by atoms with van der Waals surface area (Å²) >= 11 is 6.03. The van der Waals surface area contributed by atoms with Crippen LogP contribution in [0.1, 0.15) is 24.0 Å². The highest BCUT2D eigenvalue weighted by Gasteiger charge is 2.52. The fraction of sp³-hybridized carbons (Fsp3) is 0.211. The Bertz CT molecular complexity index is 959. The number of hydrogen-bond acceptors (Lipinski definition) is 1. The Labute approximate surface area is 143 Å². The van der Waals surface area contributed by atoms with Crippen LogP contribution < -0.4 is 5.32 Å². The van der Waals surface area contributed by atoms with E-state index in [0.717, 1.165) is 35.0 Å². The van der Waals surface area contributed by atoms with Crippen molar-refractivity contribution >= 4 is 34.1 Å². The van der Waals surface area contributed by atoms with Crippen molar-refractivity contribution in [3.8, 4) is 0 Å². The number of carbonyl (C=O) groups excluding carboxylic acids is 1. The second-order valence-electron chi connectivity index (χ2n) is 6.39. The number of fused-ring (bicyclic) bond motifs is 1. The molecule has 0 atom stereocenters. The van der Waals surface area contributed by atoms with Crippen LogP contribution in [0.15, 0.2) is 42.6 Å². The zero-order valence-electron chi connectivity index (χ0n) is 13.1. The van der Waals surface area contributed by atoms with Gasteiger partial charge in [-0.1, -0.05) is 17.7 Å². The fourth-order valence-electron chi connectivity index (χ4n) is 3.21. The summed E-state index contributed by atoms with van der Waals surface area (Å²) in [6.07, 6.45) is 3.38. The molecule has 1 aliphatic rings. The molecular formula is C19H16ClFN2O. The lowest BCUT2D eigenvalue weighted by atomic mass is 9.94. The number of aromatic amines is 1. The van der Waals surface area contributed by atoms with E-state index >= 15 is 0 Å². The molecule has 1 aromatic heterocycles. The number of amides is 1. The summed E-state index contributed by atoms with van der Waals surface area (Å²) in [5, 5.41) is 4.49. The molecule has 24 heavy (non-hydrogen) atoms. The minimum absolute atomic E-state index is 0.0434. The second kappa shape index (κ2) is 5.35. The number of halogens is 2. The third-order valence-electron chi connectivity index (χ3n) is 4.79. The first-order valence-corrected chi connectivity index (χ1v) is 8.22. The van der Waals surface area contributed by atoms with Crippen LogP contribution in [-0.4, -0.2) is 10.9 Å². The second-order valence-corrected chi connectivity index (χ2v) is 6.82. The predicted molar refractivity (Wildman–Crippen MR) is 94.0 cm³/mol. The van der Waals surface area contributed by atoms with E-state index in [1.807, 2.05) is 19.2 Å². The number of nitrogens with one attached hydrogen (secondary N) is 2. The number of aryl methyl sites for hydroxylation is 1. The molecule has 0 aliphatic heterocycles. The highest BCUT2D eigenvalue weighted by Crippen LogP contribution is 2.51. The molecule has 3 aromatic rings. The van der Waals surface area contributed by atoms with Gasteiger partial charge in [0.25, 0.3) is 0 Å². The minimum atomic E-state index is -0.551. The van der Waals surface area contributed by atoms with E-state index in [1.54, 1.807) is 18.2 Å². The Kier molecular flexibility index (Phi) is 3.39. The third-order valence-corrected chi connectivity index (χ3v) is 5.03. The van der Waals surface area contributed by atoms with Gasteiger partial charge in [0.1, 0.15) is 5.82 Å². The van der Waals surface area contributed by atoms with Gasteiger partial charge in [-0.3, -0.25) is 4.79 Å². The van der Waals surface area contributed by atoms with Gasteiger partial charge in [0, 0.05) is 27.8 Å². The quantitative estimate of drug-likeness (QED) is 0.695. The summed E-state index contributed by atoms with van der Waals surface area (Å²) in [4.78, 5) is 16.0.